The summed E-state index contributed by atoms with van der Waals surface area (Å²) in [6.07, 6.45) is 0.693. The molecule has 164 valence electrons. The average molecular weight is 423 g/mol. The van der Waals surface area contributed by atoms with Crippen molar-refractivity contribution in [2.45, 2.75) is 60.1 Å². The number of benzene rings is 1. The minimum atomic E-state index is -0.930. The first-order valence-electron chi connectivity index (χ1n) is 10.5. The second kappa shape index (κ2) is 9.25. The van der Waals surface area contributed by atoms with Crippen molar-refractivity contribution in [2.75, 3.05) is 5.32 Å². The second-order valence-corrected chi connectivity index (χ2v) is 8.18. The number of carbonyl (C=O) groups is 2. The van der Waals surface area contributed by atoms with Crippen LogP contribution in [0.1, 0.15) is 65.3 Å². The fraction of sp³-hybridized carbons (Fsp3) is 0.360. The van der Waals surface area contributed by atoms with E-state index in [-0.39, 0.29) is 11.8 Å². The number of esters is 1. The lowest BCUT2D eigenvalue weighted by Crippen LogP contribution is -2.30. The third-order valence-corrected chi connectivity index (χ3v) is 5.52. The molecule has 0 radical (unpaired) electrons. The first kappa shape index (κ1) is 22.4. The van der Waals surface area contributed by atoms with Crippen LogP contribution in [0.3, 0.4) is 0 Å². The van der Waals surface area contributed by atoms with Crippen molar-refractivity contribution in [3.05, 3.63) is 76.5 Å². The van der Waals surface area contributed by atoms with Crippen LogP contribution in [0, 0.1) is 20.8 Å². The quantitative estimate of drug-likeness (QED) is 0.520. The van der Waals surface area contributed by atoms with E-state index in [0.717, 1.165) is 34.0 Å². The van der Waals surface area contributed by atoms with Crippen molar-refractivity contribution in [1.29, 1.82) is 0 Å². The van der Waals surface area contributed by atoms with E-state index in [4.69, 9.17) is 9.15 Å². The Bertz CT molecular complexity index is 1080. The van der Waals surface area contributed by atoms with Gasteiger partial charge in [0.15, 0.2) is 6.10 Å². The lowest BCUT2D eigenvalue weighted by Gasteiger charge is -2.19. The van der Waals surface area contributed by atoms with Gasteiger partial charge in [-0.3, -0.25) is 4.79 Å². The van der Waals surface area contributed by atoms with Crippen LogP contribution in [-0.2, 0) is 16.1 Å². The monoisotopic (exact) mass is 422 g/mol. The summed E-state index contributed by atoms with van der Waals surface area (Å²) in [5.74, 6) is 0.186. The van der Waals surface area contributed by atoms with Gasteiger partial charge in [0.05, 0.1) is 18.4 Å². The minimum absolute atomic E-state index is 0.257. The largest absolute Gasteiger partial charge is 0.467 e. The Hall–Kier alpha value is -3.28. The zero-order valence-electron chi connectivity index (χ0n) is 19.0. The number of nitrogens with zero attached hydrogens (tertiary/aromatic N) is 1. The minimum Gasteiger partial charge on any atom is -0.467 e. The Balaban J connectivity index is 1.72. The van der Waals surface area contributed by atoms with Gasteiger partial charge in [0, 0.05) is 17.1 Å². The van der Waals surface area contributed by atoms with Crippen molar-refractivity contribution in [3.8, 4) is 0 Å². The number of furan rings is 1. The molecule has 2 heterocycles. The molecule has 0 aliphatic rings. The molecule has 0 spiro atoms. The number of rotatable bonds is 7. The maximum absolute atomic E-state index is 12.8. The summed E-state index contributed by atoms with van der Waals surface area (Å²) in [7, 11) is 0. The van der Waals surface area contributed by atoms with Gasteiger partial charge in [0.2, 0.25) is 0 Å². The van der Waals surface area contributed by atoms with Gasteiger partial charge in [-0.05, 0) is 62.9 Å². The molecule has 0 fully saturated rings. The summed E-state index contributed by atoms with van der Waals surface area (Å²) in [5.41, 5.74) is 4.93. The van der Waals surface area contributed by atoms with E-state index >= 15 is 0 Å². The number of para-hydroxylation sites is 1. The molecule has 0 unspecified atom stereocenters. The fourth-order valence-corrected chi connectivity index (χ4v) is 3.65. The molecular formula is C25H30N2O4. The number of hydrogen-bond acceptors (Lipinski definition) is 4. The first-order valence-corrected chi connectivity index (χ1v) is 10.5. The summed E-state index contributed by atoms with van der Waals surface area (Å²) >= 11 is 0. The van der Waals surface area contributed by atoms with E-state index < -0.39 is 12.1 Å². The smallest absolute Gasteiger partial charge is 0.340 e. The Morgan fingerprint density at radius 3 is 2.48 bits per heavy atom. The van der Waals surface area contributed by atoms with E-state index in [1.165, 1.54) is 0 Å². The average Bonchev–Trinajstić information content (AvgIpc) is 3.32. The molecule has 3 aromatic rings. The number of amides is 1. The highest BCUT2D eigenvalue weighted by molar-refractivity contribution is 5.98. The molecular weight excluding hydrogens is 392 g/mol. The molecule has 1 atom stereocenters. The summed E-state index contributed by atoms with van der Waals surface area (Å²) in [5, 5.41) is 2.94. The van der Waals surface area contributed by atoms with Gasteiger partial charge in [0.25, 0.3) is 5.91 Å². The SMILES string of the molecule is Cc1cccc(C(C)C)c1NC(=O)[C@@H](C)OC(=O)c1cc(C)n(Cc2ccco2)c1C. The molecule has 2 aromatic heterocycles. The van der Waals surface area contributed by atoms with E-state index in [9.17, 15) is 9.59 Å². The van der Waals surface area contributed by atoms with Gasteiger partial charge in [0.1, 0.15) is 5.76 Å². The first-order chi connectivity index (χ1) is 14.7. The van der Waals surface area contributed by atoms with Gasteiger partial charge in [-0.2, -0.15) is 0 Å². The van der Waals surface area contributed by atoms with E-state index in [1.54, 1.807) is 19.3 Å². The molecule has 0 saturated carbocycles. The molecule has 0 bridgehead atoms. The molecule has 1 amide bonds. The highest BCUT2D eigenvalue weighted by atomic mass is 16.5. The predicted molar refractivity (Wildman–Crippen MR) is 120 cm³/mol. The molecule has 0 aliphatic heterocycles. The molecule has 0 saturated heterocycles. The Morgan fingerprint density at radius 1 is 1.10 bits per heavy atom. The second-order valence-electron chi connectivity index (χ2n) is 8.18. The third-order valence-electron chi connectivity index (χ3n) is 5.52. The maximum Gasteiger partial charge on any atom is 0.340 e. The third kappa shape index (κ3) is 4.90. The van der Waals surface area contributed by atoms with Crippen molar-refractivity contribution < 1.29 is 18.7 Å². The number of ether oxygens (including phenoxy) is 1. The maximum atomic E-state index is 12.8. The lowest BCUT2D eigenvalue weighted by atomic mass is 9.98. The van der Waals surface area contributed by atoms with Crippen molar-refractivity contribution >= 4 is 17.6 Å². The van der Waals surface area contributed by atoms with Crippen LogP contribution in [0.25, 0.3) is 0 Å². The van der Waals surface area contributed by atoms with Crippen LogP contribution >= 0.6 is 0 Å². The summed E-state index contributed by atoms with van der Waals surface area (Å²) < 4.78 is 12.9. The number of carbonyl (C=O) groups excluding carboxylic acids is 2. The molecule has 31 heavy (non-hydrogen) atoms. The van der Waals surface area contributed by atoms with Gasteiger partial charge in [-0.15, -0.1) is 0 Å². The zero-order chi connectivity index (χ0) is 22.7. The van der Waals surface area contributed by atoms with Crippen LogP contribution in [0.15, 0.2) is 47.1 Å². The number of nitrogens with one attached hydrogen (secondary N) is 1. The molecule has 1 N–H and O–H groups in total. The summed E-state index contributed by atoms with van der Waals surface area (Å²) in [4.78, 5) is 25.6. The summed E-state index contributed by atoms with van der Waals surface area (Å²) in [6, 6.07) is 11.4. The Morgan fingerprint density at radius 2 is 1.84 bits per heavy atom. The number of hydrogen-bond donors (Lipinski definition) is 1. The zero-order valence-corrected chi connectivity index (χ0v) is 19.0. The molecule has 1 aromatic carbocycles. The van der Waals surface area contributed by atoms with Gasteiger partial charge in [-0.1, -0.05) is 32.0 Å². The van der Waals surface area contributed by atoms with Crippen LogP contribution in [-0.4, -0.2) is 22.5 Å². The molecule has 6 nitrogen and oxygen atoms in total. The van der Waals surface area contributed by atoms with Gasteiger partial charge < -0.3 is 19.0 Å². The number of aryl methyl sites for hydroxylation is 2. The van der Waals surface area contributed by atoms with Crippen LogP contribution < -0.4 is 5.32 Å². The molecule has 3 rings (SSSR count). The number of aromatic nitrogens is 1. The normalized spacial score (nSPS) is 12.1. The highest BCUT2D eigenvalue weighted by Gasteiger charge is 2.24. The van der Waals surface area contributed by atoms with Gasteiger partial charge in [-0.25, -0.2) is 4.79 Å². The van der Waals surface area contributed by atoms with E-state index in [0.29, 0.717) is 12.1 Å². The number of anilines is 1. The highest BCUT2D eigenvalue weighted by Crippen LogP contribution is 2.27. The predicted octanol–water partition coefficient (Wildman–Crippen LogP) is 5.36. The fourth-order valence-electron chi connectivity index (χ4n) is 3.65. The Labute approximate surface area is 183 Å². The van der Waals surface area contributed by atoms with E-state index in [2.05, 4.69) is 19.2 Å². The van der Waals surface area contributed by atoms with Crippen LogP contribution in [0.2, 0.25) is 0 Å². The van der Waals surface area contributed by atoms with Crippen LogP contribution in [0.5, 0.6) is 0 Å². The van der Waals surface area contributed by atoms with Crippen LogP contribution in [0.4, 0.5) is 5.69 Å². The molecule has 0 aliphatic carbocycles. The van der Waals surface area contributed by atoms with Crippen molar-refractivity contribution in [1.82, 2.24) is 4.57 Å². The Kier molecular flexibility index (Phi) is 6.68. The van der Waals surface area contributed by atoms with Crippen molar-refractivity contribution in [2.24, 2.45) is 0 Å². The standard InChI is InChI=1S/C25H30N2O4/c1-15(2)21-11-7-9-16(3)23(21)26-24(28)19(6)31-25(29)22-13-17(4)27(18(22)5)14-20-10-8-12-30-20/h7-13,15,19H,14H2,1-6H3,(H,26,28)/t19-/m1/s1. The lowest BCUT2D eigenvalue weighted by molar-refractivity contribution is -0.123. The van der Waals surface area contributed by atoms with Crippen molar-refractivity contribution in [3.63, 3.8) is 0 Å². The topological polar surface area (TPSA) is 73.5 Å². The van der Waals surface area contributed by atoms with E-state index in [1.807, 2.05) is 55.7 Å². The molecule has 6 heteroatoms. The summed E-state index contributed by atoms with van der Waals surface area (Å²) in [6.45, 7) is 12.0. The van der Waals surface area contributed by atoms with Gasteiger partial charge >= 0.3 is 5.97 Å².